The number of benzene rings is 3. The van der Waals surface area contributed by atoms with Crippen molar-refractivity contribution in [2.45, 2.75) is 32.4 Å². The molecule has 0 spiro atoms. The number of nitrogens with one attached hydrogen (secondary N) is 1. The van der Waals surface area contributed by atoms with E-state index in [4.69, 9.17) is 14.6 Å². The average Bonchev–Trinajstić information content (AvgIpc) is 2.89. The molecule has 0 amide bonds. The number of hydrogen-bond donors (Lipinski definition) is 5. The van der Waals surface area contributed by atoms with Gasteiger partial charge in [0.15, 0.2) is 5.43 Å². The SMILES string of the molecule is Cc1ccccc1-c1c2ccc(=O)cc-2oc2c(CNCCCC(C(=O)O)N(CC(=O)O)CC(=O)O)c(O)ccc12.[Co+2]. The minimum atomic E-state index is -1.33. The zero-order valence-electron chi connectivity index (χ0n) is 22.6. The smallest absolute Gasteiger partial charge is 0.507 e. The van der Waals surface area contributed by atoms with Crippen LogP contribution in [-0.4, -0.2) is 68.9 Å². The van der Waals surface area contributed by atoms with Gasteiger partial charge in [-0.05, 0) is 61.7 Å². The summed E-state index contributed by atoms with van der Waals surface area (Å²) in [5, 5.41) is 42.4. The van der Waals surface area contributed by atoms with Gasteiger partial charge in [-0.15, -0.1) is 0 Å². The first-order valence-corrected chi connectivity index (χ1v) is 13.0. The summed E-state index contributed by atoms with van der Waals surface area (Å²) >= 11 is 0. The minimum absolute atomic E-state index is 0. The van der Waals surface area contributed by atoms with E-state index in [1.54, 1.807) is 18.2 Å². The van der Waals surface area contributed by atoms with Gasteiger partial charge in [0.05, 0.1) is 18.7 Å². The van der Waals surface area contributed by atoms with Crippen LogP contribution in [0.5, 0.6) is 5.75 Å². The van der Waals surface area contributed by atoms with Crippen LogP contribution in [0, 0.1) is 6.92 Å². The molecular formula is C30H30CoN2O9+2. The summed E-state index contributed by atoms with van der Waals surface area (Å²) in [6.45, 7) is 0.986. The Morgan fingerprint density at radius 2 is 1.64 bits per heavy atom. The molecule has 221 valence electrons. The molecule has 11 nitrogen and oxygen atoms in total. The molecule has 1 aliphatic heterocycles. The van der Waals surface area contributed by atoms with Crippen LogP contribution in [0.15, 0.2) is 63.8 Å². The molecule has 42 heavy (non-hydrogen) atoms. The summed E-state index contributed by atoms with van der Waals surface area (Å²) < 4.78 is 6.18. The topological polar surface area (TPSA) is 178 Å². The fourth-order valence-corrected chi connectivity index (χ4v) is 5.01. The van der Waals surface area contributed by atoms with E-state index in [9.17, 15) is 29.4 Å². The van der Waals surface area contributed by atoms with Crippen LogP contribution in [0.1, 0.15) is 24.0 Å². The summed E-state index contributed by atoms with van der Waals surface area (Å²) in [5.74, 6) is -3.62. The number of rotatable bonds is 13. The van der Waals surface area contributed by atoms with Crippen LogP contribution >= 0.6 is 0 Å². The van der Waals surface area contributed by atoms with Crippen LogP contribution in [0.3, 0.4) is 0 Å². The first-order valence-electron chi connectivity index (χ1n) is 13.0. The first kappa shape index (κ1) is 32.3. The molecule has 1 aliphatic carbocycles. The van der Waals surface area contributed by atoms with Gasteiger partial charge in [0.1, 0.15) is 23.1 Å². The third kappa shape index (κ3) is 7.34. The standard InChI is InChI=1S/C30H30N2O9.Co/c1-17-5-2-3-6-19(17)28-20-9-8-18(33)13-25(20)41-29-21(28)10-11-24(34)22(29)14-31-12-4-7-23(30(39)40)32(15-26(35)36)16-27(37)38;/h2-3,5-6,8-11,13,23,31,34H,4,7,12,14-16H2,1H3,(H,35,36)(H,37,38)(H,39,40);/q;+2. The molecule has 0 bridgehead atoms. The van der Waals surface area contributed by atoms with E-state index < -0.39 is 37.0 Å². The van der Waals surface area contributed by atoms with Crippen molar-refractivity contribution < 1.29 is 56.0 Å². The number of aryl methyl sites for hydroxylation is 1. The van der Waals surface area contributed by atoms with Gasteiger partial charge < -0.3 is 30.2 Å². The second-order valence-corrected chi connectivity index (χ2v) is 9.76. The summed E-state index contributed by atoms with van der Waals surface area (Å²) in [4.78, 5) is 47.1. The Morgan fingerprint density at radius 1 is 0.952 bits per heavy atom. The predicted octanol–water partition coefficient (Wildman–Crippen LogP) is 3.37. The summed E-state index contributed by atoms with van der Waals surface area (Å²) in [5.41, 5.74) is 4.21. The predicted molar refractivity (Wildman–Crippen MR) is 150 cm³/mol. The number of phenols is 1. The van der Waals surface area contributed by atoms with Gasteiger partial charge in [-0.25, -0.2) is 0 Å². The second kappa shape index (κ2) is 14.1. The number of carboxylic acids is 3. The molecule has 1 radical (unpaired) electrons. The largest absolute Gasteiger partial charge is 2.00 e. The van der Waals surface area contributed by atoms with E-state index in [2.05, 4.69) is 5.32 Å². The van der Waals surface area contributed by atoms with Crippen molar-refractivity contribution in [3.63, 3.8) is 0 Å². The second-order valence-electron chi connectivity index (χ2n) is 9.76. The van der Waals surface area contributed by atoms with Crippen molar-refractivity contribution in [1.29, 1.82) is 0 Å². The number of aromatic hydroxyl groups is 1. The number of carboxylic acid groups (broad SMARTS) is 3. The summed E-state index contributed by atoms with van der Waals surface area (Å²) in [6, 6.07) is 14.5. The van der Waals surface area contributed by atoms with Crippen molar-refractivity contribution in [2.75, 3.05) is 19.6 Å². The van der Waals surface area contributed by atoms with E-state index in [0.717, 1.165) is 32.5 Å². The monoisotopic (exact) mass is 621 g/mol. The third-order valence-corrected chi connectivity index (χ3v) is 6.89. The fraction of sp³-hybridized carbons (Fsp3) is 0.267. The number of phenolic OH excluding ortho intramolecular Hbond substituents is 1. The van der Waals surface area contributed by atoms with E-state index in [-0.39, 0.29) is 53.9 Å². The van der Waals surface area contributed by atoms with E-state index in [1.165, 1.54) is 12.1 Å². The van der Waals surface area contributed by atoms with Gasteiger partial charge >= 0.3 is 34.7 Å². The molecule has 2 aliphatic rings. The Labute approximate surface area is 250 Å². The molecule has 1 heterocycles. The van der Waals surface area contributed by atoms with Crippen molar-refractivity contribution in [3.05, 3.63) is 75.9 Å². The van der Waals surface area contributed by atoms with Crippen LogP contribution in [0.2, 0.25) is 0 Å². The molecule has 12 heteroatoms. The molecule has 5 N–H and O–H groups in total. The maximum absolute atomic E-state index is 12.2. The molecular weight excluding hydrogens is 591 g/mol. The molecule has 4 rings (SSSR count). The van der Waals surface area contributed by atoms with Gasteiger partial charge in [-0.1, -0.05) is 24.3 Å². The summed E-state index contributed by atoms with van der Waals surface area (Å²) in [6.07, 6.45) is 0.287. The molecule has 2 aromatic rings. The van der Waals surface area contributed by atoms with Crippen LogP contribution < -0.4 is 10.7 Å². The van der Waals surface area contributed by atoms with Gasteiger partial charge in [0.25, 0.3) is 0 Å². The third-order valence-electron chi connectivity index (χ3n) is 6.89. The Kier molecular flexibility index (Phi) is 10.8. The van der Waals surface area contributed by atoms with Gasteiger partial charge in [-0.2, -0.15) is 0 Å². The van der Waals surface area contributed by atoms with E-state index in [1.807, 2.05) is 31.2 Å². The van der Waals surface area contributed by atoms with Gasteiger partial charge in [-0.3, -0.25) is 24.1 Å². The van der Waals surface area contributed by atoms with Crippen LogP contribution in [-0.2, 0) is 37.7 Å². The molecule has 2 aromatic carbocycles. The number of nitrogens with zero attached hydrogens (tertiary/aromatic N) is 1. The van der Waals surface area contributed by atoms with E-state index in [0.29, 0.717) is 16.9 Å². The Morgan fingerprint density at radius 3 is 2.29 bits per heavy atom. The number of aliphatic carboxylic acids is 3. The number of hydrogen-bond acceptors (Lipinski definition) is 8. The maximum Gasteiger partial charge on any atom is 2.00 e. The van der Waals surface area contributed by atoms with Crippen LogP contribution in [0.25, 0.3) is 33.4 Å². The van der Waals surface area contributed by atoms with Gasteiger partial charge in [0.2, 0.25) is 0 Å². The van der Waals surface area contributed by atoms with Crippen molar-refractivity contribution in [1.82, 2.24) is 10.2 Å². The van der Waals surface area contributed by atoms with E-state index >= 15 is 0 Å². The maximum atomic E-state index is 12.2. The number of carbonyl (C=O) groups is 3. The Bertz CT molecular complexity index is 1620. The van der Waals surface area contributed by atoms with Crippen molar-refractivity contribution >= 4 is 28.9 Å². The number of fused-ring (bicyclic) bond motifs is 2. The average molecular weight is 622 g/mol. The fourth-order valence-electron chi connectivity index (χ4n) is 5.01. The molecule has 0 aromatic heterocycles. The molecule has 0 fully saturated rings. The van der Waals surface area contributed by atoms with Crippen LogP contribution in [0.4, 0.5) is 0 Å². The zero-order chi connectivity index (χ0) is 29.7. The molecule has 0 saturated heterocycles. The molecule has 1 unspecified atom stereocenters. The van der Waals surface area contributed by atoms with Crippen molar-refractivity contribution in [2.24, 2.45) is 0 Å². The zero-order valence-corrected chi connectivity index (χ0v) is 23.7. The molecule has 1 atom stereocenters. The van der Waals surface area contributed by atoms with Crippen molar-refractivity contribution in [3.8, 4) is 28.2 Å². The summed E-state index contributed by atoms with van der Waals surface area (Å²) in [7, 11) is 0. The molecule has 0 saturated carbocycles. The van der Waals surface area contributed by atoms with Gasteiger partial charge in [0, 0.05) is 29.1 Å². The minimum Gasteiger partial charge on any atom is -0.507 e. The Balaban J connectivity index is 0.00000484. The quantitative estimate of drug-likeness (QED) is 0.109. The normalized spacial score (nSPS) is 11.9. The first-order chi connectivity index (χ1) is 19.6. The Hall–Kier alpha value is -4.23.